The van der Waals surface area contributed by atoms with Crippen LogP contribution in [-0.2, 0) is 11.2 Å². The summed E-state index contributed by atoms with van der Waals surface area (Å²) in [5.41, 5.74) is 0.890. The molecule has 0 aromatic heterocycles. The number of halogens is 2. The quantitative estimate of drug-likeness (QED) is 0.851. The van der Waals surface area contributed by atoms with Gasteiger partial charge >= 0.3 is 5.97 Å². The molecule has 4 heteroatoms. The minimum Gasteiger partial charge on any atom is -0.481 e. The van der Waals surface area contributed by atoms with E-state index in [0.717, 1.165) is 5.56 Å². The lowest BCUT2D eigenvalue weighted by molar-refractivity contribution is -0.136. The summed E-state index contributed by atoms with van der Waals surface area (Å²) < 4.78 is 0. The highest BCUT2D eigenvalue weighted by Gasteiger charge is 2.01. The summed E-state index contributed by atoms with van der Waals surface area (Å²) in [6.07, 6.45) is 0.624. The molecule has 0 spiro atoms. The molecule has 0 bridgehead atoms. The molecule has 72 valence electrons. The van der Waals surface area contributed by atoms with Crippen molar-refractivity contribution in [1.82, 2.24) is 0 Å². The molecular weight excluding hydrogens is 211 g/mol. The minimum atomic E-state index is -0.796. The summed E-state index contributed by atoms with van der Waals surface area (Å²) in [4.78, 5) is 10.2. The highest BCUT2D eigenvalue weighted by atomic mass is 35.5. The monoisotopic (exact) mass is 220 g/mol. The fourth-order valence-corrected chi connectivity index (χ4v) is 1.17. The van der Waals surface area contributed by atoms with Crippen molar-refractivity contribution in [3.05, 3.63) is 34.9 Å². The molecule has 0 fully saturated rings. The van der Waals surface area contributed by atoms with Crippen LogP contribution in [0.1, 0.15) is 12.0 Å². The average Bonchev–Trinajstić information content (AvgIpc) is 2.03. The zero-order valence-corrected chi connectivity index (χ0v) is 8.44. The predicted molar refractivity (Wildman–Crippen MR) is 54.7 cm³/mol. The maximum Gasteiger partial charge on any atom is 0.303 e. The first-order chi connectivity index (χ1) is 5.70. The van der Waals surface area contributed by atoms with Gasteiger partial charge in [-0.15, -0.1) is 12.4 Å². The highest BCUT2D eigenvalue weighted by molar-refractivity contribution is 6.31. The molecule has 0 unspecified atom stereocenters. The van der Waals surface area contributed by atoms with Gasteiger partial charge in [-0.1, -0.05) is 29.8 Å². The summed E-state index contributed by atoms with van der Waals surface area (Å²) >= 11 is 5.81. The third-order valence-corrected chi connectivity index (χ3v) is 1.93. The molecule has 0 aliphatic carbocycles. The van der Waals surface area contributed by atoms with E-state index in [1.807, 2.05) is 18.2 Å². The largest absolute Gasteiger partial charge is 0.481 e. The van der Waals surface area contributed by atoms with E-state index in [1.165, 1.54) is 0 Å². The predicted octanol–water partition coefficient (Wildman–Crippen LogP) is 2.78. The number of hydrogen-bond acceptors (Lipinski definition) is 1. The maximum absolute atomic E-state index is 10.2. The van der Waals surface area contributed by atoms with Crippen molar-refractivity contribution in [1.29, 1.82) is 0 Å². The fraction of sp³-hybridized carbons (Fsp3) is 0.222. The Morgan fingerprint density at radius 3 is 2.54 bits per heavy atom. The Balaban J connectivity index is 0.00000144. The van der Waals surface area contributed by atoms with Gasteiger partial charge in [0.2, 0.25) is 0 Å². The average molecular weight is 221 g/mol. The van der Waals surface area contributed by atoms with Gasteiger partial charge in [-0.3, -0.25) is 4.79 Å². The first kappa shape index (κ1) is 12.3. The minimum absolute atomic E-state index is 0. The Morgan fingerprint density at radius 1 is 1.38 bits per heavy atom. The van der Waals surface area contributed by atoms with Gasteiger partial charge in [0.1, 0.15) is 0 Å². The number of carboxylic acid groups (broad SMARTS) is 1. The van der Waals surface area contributed by atoms with Crippen LogP contribution in [0, 0.1) is 0 Å². The number of carbonyl (C=O) groups is 1. The van der Waals surface area contributed by atoms with Crippen molar-refractivity contribution in [2.45, 2.75) is 12.8 Å². The van der Waals surface area contributed by atoms with Crippen molar-refractivity contribution < 1.29 is 9.90 Å². The van der Waals surface area contributed by atoms with Crippen LogP contribution in [0.4, 0.5) is 0 Å². The van der Waals surface area contributed by atoms with Crippen LogP contribution >= 0.6 is 24.0 Å². The van der Waals surface area contributed by atoms with E-state index in [-0.39, 0.29) is 18.8 Å². The number of rotatable bonds is 3. The fourth-order valence-electron chi connectivity index (χ4n) is 0.943. The molecule has 1 aromatic carbocycles. The smallest absolute Gasteiger partial charge is 0.303 e. The summed E-state index contributed by atoms with van der Waals surface area (Å²) in [6, 6.07) is 7.28. The lowest BCUT2D eigenvalue weighted by Gasteiger charge is -1.99. The van der Waals surface area contributed by atoms with Crippen LogP contribution in [0.25, 0.3) is 0 Å². The van der Waals surface area contributed by atoms with Gasteiger partial charge in [-0.05, 0) is 18.1 Å². The van der Waals surface area contributed by atoms with E-state index in [4.69, 9.17) is 16.7 Å². The number of hydrogen-bond donors (Lipinski definition) is 1. The number of benzene rings is 1. The van der Waals surface area contributed by atoms with Crippen LogP contribution < -0.4 is 0 Å². The van der Waals surface area contributed by atoms with Gasteiger partial charge in [0.15, 0.2) is 0 Å². The molecular formula is C9H10Cl2O2. The lowest BCUT2D eigenvalue weighted by atomic mass is 10.1. The van der Waals surface area contributed by atoms with Gasteiger partial charge < -0.3 is 5.11 Å². The van der Waals surface area contributed by atoms with Crippen LogP contribution in [0.5, 0.6) is 0 Å². The molecule has 0 heterocycles. The van der Waals surface area contributed by atoms with Crippen molar-refractivity contribution >= 4 is 30.0 Å². The van der Waals surface area contributed by atoms with E-state index in [1.54, 1.807) is 6.07 Å². The zero-order chi connectivity index (χ0) is 8.97. The lowest BCUT2D eigenvalue weighted by Crippen LogP contribution is -1.97. The molecule has 0 amide bonds. The van der Waals surface area contributed by atoms with Gasteiger partial charge in [-0.2, -0.15) is 0 Å². The van der Waals surface area contributed by atoms with Gasteiger partial charge in [0.25, 0.3) is 0 Å². The molecule has 13 heavy (non-hydrogen) atoms. The molecule has 0 aliphatic heterocycles. The van der Waals surface area contributed by atoms with Crippen molar-refractivity contribution in [3.8, 4) is 0 Å². The van der Waals surface area contributed by atoms with Crippen LogP contribution in [0.2, 0.25) is 5.02 Å². The summed E-state index contributed by atoms with van der Waals surface area (Å²) in [6.45, 7) is 0. The first-order valence-electron chi connectivity index (χ1n) is 3.65. The second-order valence-corrected chi connectivity index (χ2v) is 2.89. The Morgan fingerprint density at radius 2 is 2.00 bits per heavy atom. The van der Waals surface area contributed by atoms with Crippen molar-refractivity contribution in [2.24, 2.45) is 0 Å². The van der Waals surface area contributed by atoms with E-state index in [2.05, 4.69) is 0 Å². The molecule has 0 radical (unpaired) electrons. The standard InChI is InChI=1S/C9H9ClO2.ClH/c10-8-4-2-1-3-7(8)5-6-9(11)12;/h1-4H,5-6H2,(H,11,12);1H. The SMILES string of the molecule is Cl.O=C(O)CCc1ccccc1Cl. The molecule has 0 atom stereocenters. The summed E-state index contributed by atoms with van der Waals surface area (Å²) in [5.74, 6) is -0.796. The molecule has 1 rings (SSSR count). The van der Waals surface area contributed by atoms with E-state index >= 15 is 0 Å². The molecule has 0 saturated carbocycles. The number of aliphatic carboxylic acids is 1. The first-order valence-corrected chi connectivity index (χ1v) is 4.03. The van der Waals surface area contributed by atoms with Crippen LogP contribution in [-0.4, -0.2) is 11.1 Å². The van der Waals surface area contributed by atoms with Gasteiger partial charge in [0, 0.05) is 11.4 Å². The van der Waals surface area contributed by atoms with Crippen LogP contribution in [0.3, 0.4) is 0 Å². The molecule has 0 saturated heterocycles. The van der Waals surface area contributed by atoms with E-state index in [0.29, 0.717) is 11.4 Å². The van der Waals surface area contributed by atoms with Crippen molar-refractivity contribution in [3.63, 3.8) is 0 Å². The molecule has 2 nitrogen and oxygen atoms in total. The van der Waals surface area contributed by atoms with E-state index in [9.17, 15) is 4.79 Å². The van der Waals surface area contributed by atoms with Gasteiger partial charge in [-0.25, -0.2) is 0 Å². The molecule has 1 aromatic rings. The van der Waals surface area contributed by atoms with Gasteiger partial charge in [0.05, 0.1) is 0 Å². The molecule has 1 N–H and O–H groups in total. The Labute approximate surface area is 87.9 Å². The Kier molecular flexibility index (Phi) is 5.51. The summed E-state index contributed by atoms with van der Waals surface area (Å²) in [5, 5.41) is 9.06. The second-order valence-electron chi connectivity index (χ2n) is 2.49. The second kappa shape index (κ2) is 5.84. The normalized spacial score (nSPS) is 9.00. The Bertz CT molecular complexity index is 287. The third kappa shape index (κ3) is 4.15. The zero-order valence-electron chi connectivity index (χ0n) is 6.87. The topological polar surface area (TPSA) is 37.3 Å². The number of aryl methyl sites for hydroxylation is 1. The number of carboxylic acids is 1. The van der Waals surface area contributed by atoms with Crippen molar-refractivity contribution in [2.75, 3.05) is 0 Å². The Hall–Kier alpha value is -0.730. The highest BCUT2D eigenvalue weighted by Crippen LogP contribution is 2.16. The maximum atomic E-state index is 10.2. The summed E-state index contributed by atoms with van der Waals surface area (Å²) in [7, 11) is 0. The van der Waals surface area contributed by atoms with Crippen LogP contribution in [0.15, 0.2) is 24.3 Å². The van der Waals surface area contributed by atoms with E-state index < -0.39 is 5.97 Å². The molecule has 0 aliphatic rings. The third-order valence-electron chi connectivity index (χ3n) is 1.57.